The lowest BCUT2D eigenvalue weighted by Gasteiger charge is -2.37. The van der Waals surface area contributed by atoms with Crippen LogP contribution in [0, 0.1) is 0 Å². The molecular weight excluding hydrogens is 462 g/mol. The van der Waals surface area contributed by atoms with Gasteiger partial charge >= 0.3 is 0 Å². The van der Waals surface area contributed by atoms with Gasteiger partial charge in [0.15, 0.2) is 18.9 Å². The van der Waals surface area contributed by atoms with Crippen molar-refractivity contribution in [2.24, 2.45) is 0 Å². The highest BCUT2D eigenvalue weighted by Crippen LogP contribution is 2.39. The van der Waals surface area contributed by atoms with Crippen molar-refractivity contribution in [3.05, 3.63) is 112 Å². The van der Waals surface area contributed by atoms with Gasteiger partial charge in [-0.25, -0.2) is 4.98 Å². The van der Waals surface area contributed by atoms with Crippen LogP contribution in [0.5, 0.6) is 0 Å². The summed E-state index contributed by atoms with van der Waals surface area (Å²) in [7, 11) is 0. The molecule has 5 heterocycles. The molecule has 0 aliphatic carbocycles. The zero-order chi connectivity index (χ0) is 26.1. The fourth-order valence-corrected chi connectivity index (χ4v) is 6.54. The molecule has 6 rings (SSSR count). The van der Waals surface area contributed by atoms with Crippen LogP contribution in [-0.2, 0) is 19.4 Å². The summed E-state index contributed by atoms with van der Waals surface area (Å²) in [5.74, 6) is 0. The number of nitrogens with one attached hydrogen (secondary N) is 1. The average molecular weight is 502 g/mol. The number of allylic oxidation sites excluding steroid dienone is 5. The SMILES string of the molecule is C=C(CC)/C(=C1\C(=C/C)CC[n+]2ccccc21)c1cc(/C=C/c2cc3c4c(c2)CCCN4CCC3)cc[nH+]1. The third-order valence-corrected chi connectivity index (χ3v) is 8.44. The third-order valence-electron chi connectivity index (χ3n) is 8.44. The first kappa shape index (κ1) is 24.6. The van der Waals surface area contributed by atoms with Crippen LogP contribution < -0.4 is 14.5 Å². The van der Waals surface area contributed by atoms with Crippen LogP contribution in [0.15, 0.2) is 78.7 Å². The Hall–Kier alpha value is -3.72. The predicted molar refractivity (Wildman–Crippen MR) is 158 cm³/mol. The Morgan fingerprint density at radius 2 is 1.76 bits per heavy atom. The van der Waals surface area contributed by atoms with Gasteiger partial charge in [0.2, 0.25) is 11.4 Å². The first-order valence-corrected chi connectivity index (χ1v) is 14.3. The summed E-state index contributed by atoms with van der Waals surface area (Å²) in [6.45, 7) is 12.3. The van der Waals surface area contributed by atoms with Crippen molar-refractivity contribution < 1.29 is 9.55 Å². The molecule has 3 aliphatic heterocycles. The first-order chi connectivity index (χ1) is 18.7. The maximum Gasteiger partial charge on any atom is 0.213 e. The van der Waals surface area contributed by atoms with Crippen LogP contribution in [0.1, 0.15) is 73.2 Å². The molecule has 0 fully saturated rings. The van der Waals surface area contributed by atoms with Crippen LogP contribution in [0.3, 0.4) is 0 Å². The lowest BCUT2D eigenvalue weighted by Crippen LogP contribution is -2.41. The monoisotopic (exact) mass is 501 g/mol. The van der Waals surface area contributed by atoms with Gasteiger partial charge in [-0.1, -0.05) is 31.7 Å². The lowest BCUT2D eigenvalue weighted by atomic mass is 9.85. The Labute approximate surface area is 227 Å². The fraction of sp³-hybridized carbons (Fsp3) is 0.314. The van der Waals surface area contributed by atoms with Crippen LogP contribution in [0.25, 0.3) is 23.3 Å². The summed E-state index contributed by atoms with van der Waals surface area (Å²) in [6.07, 6.45) is 18.0. The second kappa shape index (κ2) is 10.6. The molecule has 0 atom stereocenters. The van der Waals surface area contributed by atoms with E-state index in [-0.39, 0.29) is 0 Å². The molecule has 3 nitrogen and oxygen atoms in total. The minimum atomic E-state index is 0.908. The van der Waals surface area contributed by atoms with Crippen LogP contribution in [-0.4, -0.2) is 13.1 Å². The molecule has 1 N–H and O–H groups in total. The molecule has 2 aromatic heterocycles. The van der Waals surface area contributed by atoms with Gasteiger partial charge in [-0.3, -0.25) is 0 Å². The number of aromatic amines is 1. The smallest absolute Gasteiger partial charge is 0.213 e. The van der Waals surface area contributed by atoms with E-state index in [1.165, 1.54) is 89.1 Å². The number of fused-ring (bicyclic) bond motifs is 1. The molecule has 38 heavy (non-hydrogen) atoms. The summed E-state index contributed by atoms with van der Waals surface area (Å²) in [5.41, 5.74) is 14.6. The van der Waals surface area contributed by atoms with Gasteiger partial charge in [-0.15, -0.1) is 0 Å². The van der Waals surface area contributed by atoms with E-state index in [9.17, 15) is 0 Å². The van der Waals surface area contributed by atoms with Gasteiger partial charge in [0, 0.05) is 49.5 Å². The standard InChI is InChI=1S/C35H38N3/c1-4-25(3)33(34-28(5-2)16-21-37-18-7-6-12-32(34)37)31-24-26(15-17-36-31)13-14-27-22-29-10-8-19-38-20-9-11-30(23-27)35(29)38/h5-7,12-15,17-18,22-24H,3-4,8-11,16,19-21H2,1-2H3/q+1/p+1/b14-13+,28-5-,34-33-. The van der Waals surface area contributed by atoms with Crippen LogP contribution in [0.4, 0.5) is 5.69 Å². The summed E-state index contributed by atoms with van der Waals surface area (Å²) in [4.78, 5) is 6.18. The summed E-state index contributed by atoms with van der Waals surface area (Å²) in [6, 6.07) is 15.8. The molecule has 3 aromatic rings. The number of nitrogens with zero attached hydrogens (tertiary/aromatic N) is 2. The predicted octanol–water partition coefficient (Wildman–Crippen LogP) is 6.88. The fourth-order valence-electron chi connectivity index (χ4n) is 6.54. The lowest BCUT2D eigenvalue weighted by molar-refractivity contribution is -0.700. The molecule has 0 radical (unpaired) electrons. The third kappa shape index (κ3) is 4.55. The molecule has 0 saturated carbocycles. The van der Waals surface area contributed by atoms with Crippen molar-refractivity contribution in [2.45, 2.75) is 58.9 Å². The highest BCUT2D eigenvalue weighted by Gasteiger charge is 2.31. The van der Waals surface area contributed by atoms with E-state index in [2.05, 4.69) is 108 Å². The largest absolute Gasteiger partial charge is 0.371 e. The van der Waals surface area contributed by atoms with Crippen molar-refractivity contribution in [2.75, 3.05) is 18.0 Å². The Balaban J connectivity index is 1.41. The van der Waals surface area contributed by atoms with E-state index in [0.29, 0.717) is 0 Å². The zero-order valence-corrected chi connectivity index (χ0v) is 22.9. The molecule has 3 heteroatoms. The highest BCUT2D eigenvalue weighted by molar-refractivity contribution is 6.01. The van der Waals surface area contributed by atoms with Crippen molar-refractivity contribution in [3.8, 4) is 0 Å². The highest BCUT2D eigenvalue weighted by atomic mass is 15.1. The molecule has 0 saturated heterocycles. The Morgan fingerprint density at radius 3 is 2.50 bits per heavy atom. The second-order valence-electron chi connectivity index (χ2n) is 10.8. The van der Waals surface area contributed by atoms with Crippen LogP contribution in [0.2, 0.25) is 0 Å². The van der Waals surface area contributed by atoms with Gasteiger partial charge in [-0.2, -0.15) is 4.57 Å². The Morgan fingerprint density at radius 1 is 1.00 bits per heavy atom. The van der Waals surface area contributed by atoms with E-state index < -0.39 is 0 Å². The molecule has 0 spiro atoms. The van der Waals surface area contributed by atoms with Gasteiger partial charge in [0.1, 0.15) is 0 Å². The van der Waals surface area contributed by atoms with E-state index in [1.807, 2.05) is 0 Å². The Kier molecular flexibility index (Phi) is 6.84. The van der Waals surface area contributed by atoms with Gasteiger partial charge in [0.25, 0.3) is 0 Å². The minimum absolute atomic E-state index is 0.908. The summed E-state index contributed by atoms with van der Waals surface area (Å²) in [5, 5.41) is 0. The topological polar surface area (TPSA) is 21.3 Å². The van der Waals surface area contributed by atoms with E-state index in [1.54, 1.807) is 0 Å². The number of aryl methyl sites for hydroxylation is 3. The van der Waals surface area contributed by atoms with Gasteiger partial charge < -0.3 is 4.90 Å². The number of benzene rings is 1. The molecule has 0 bridgehead atoms. The summed E-state index contributed by atoms with van der Waals surface area (Å²) < 4.78 is 2.37. The van der Waals surface area contributed by atoms with E-state index >= 15 is 0 Å². The molecular formula is C35H39N3+2. The first-order valence-electron chi connectivity index (χ1n) is 14.3. The maximum atomic E-state index is 4.53. The second-order valence-corrected chi connectivity index (χ2v) is 10.8. The molecule has 1 aromatic carbocycles. The molecule has 0 unspecified atom stereocenters. The van der Waals surface area contributed by atoms with Gasteiger partial charge in [0.05, 0.1) is 11.1 Å². The van der Waals surface area contributed by atoms with Crippen molar-refractivity contribution in [3.63, 3.8) is 0 Å². The van der Waals surface area contributed by atoms with Crippen molar-refractivity contribution in [1.29, 1.82) is 0 Å². The van der Waals surface area contributed by atoms with E-state index in [0.717, 1.165) is 30.7 Å². The quantitative estimate of drug-likeness (QED) is 0.349. The number of hydrogen-bond donors (Lipinski definition) is 0. The maximum absolute atomic E-state index is 4.53. The normalized spacial score (nSPS) is 18.9. The number of anilines is 1. The average Bonchev–Trinajstić information content (AvgIpc) is 2.96. The van der Waals surface area contributed by atoms with Gasteiger partial charge in [-0.05, 0) is 90.6 Å². The number of hydrogen-bond acceptors (Lipinski definition) is 1. The van der Waals surface area contributed by atoms with Crippen molar-refractivity contribution in [1.82, 2.24) is 0 Å². The van der Waals surface area contributed by atoms with E-state index in [4.69, 9.17) is 0 Å². The molecule has 192 valence electrons. The number of pyridine rings is 2. The number of aromatic nitrogens is 2. The minimum Gasteiger partial charge on any atom is -0.371 e. The van der Waals surface area contributed by atoms with Crippen LogP contribution >= 0.6 is 0 Å². The summed E-state index contributed by atoms with van der Waals surface area (Å²) >= 11 is 0. The number of rotatable bonds is 5. The Bertz CT molecular complexity index is 1460. The molecule has 3 aliphatic rings. The van der Waals surface area contributed by atoms with Crippen molar-refractivity contribution >= 4 is 29.0 Å². The molecule has 0 amide bonds. The number of H-pyrrole nitrogens is 1. The zero-order valence-electron chi connectivity index (χ0n) is 22.9.